The molecular weight excluding hydrogens is 584 g/mol. The van der Waals surface area contributed by atoms with Crippen LogP contribution < -0.4 is 14.4 Å². The number of benzene rings is 2. The van der Waals surface area contributed by atoms with E-state index < -0.39 is 77.0 Å². The predicted molar refractivity (Wildman–Crippen MR) is 131 cm³/mol. The highest BCUT2D eigenvalue weighted by molar-refractivity contribution is 5.90. The average Bonchev–Trinajstić information content (AvgIpc) is 3.00. The Balaban J connectivity index is 1.83. The second kappa shape index (κ2) is 10.5. The summed E-state index contributed by atoms with van der Waals surface area (Å²) in [7, 11) is 0. The van der Waals surface area contributed by atoms with Crippen molar-refractivity contribution in [3.8, 4) is 11.5 Å². The molecule has 2 heterocycles. The van der Waals surface area contributed by atoms with E-state index in [2.05, 4.69) is 9.47 Å². The Labute approximate surface area is 234 Å². The third-order valence-electron chi connectivity index (χ3n) is 6.45. The van der Waals surface area contributed by atoms with Crippen molar-refractivity contribution < 1.29 is 58.9 Å². The van der Waals surface area contributed by atoms with Gasteiger partial charge in [-0.05, 0) is 63.4 Å². The van der Waals surface area contributed by atoms with Crippen molar-refractivity contribution in [2.75, 3.05) is 11.4 Å². The van der Waals surface area contributed by atoms with Crippen molar-refractivity contribution in [2.45, 2.75) is 77.4 Å². The molecule has 42 heavy (non-hydrogen) atoms. The largest absolute Gasteiger partial charge is 0.586 e. The minimum Gasteiger partial charge on any atom is -0.443 e. The summed E-state index contributed by atoms with van der Waals surface area (Å²) in [5.41, 5.74) is -4.45. The second-order valence-electron chi connectivity index (χ2n) is 10.9. The smallest absolute Gasteiger partial charge is 0.443 e. The summed E-state index contributed by atoms with van der Waals surface area (Å²) in [6.07, 6.45) is -14.8. The highest BCUT2D eigenvalue weighted by atomic mass is 19.4. The van der Waals surface area contributed by atoms with E-state index in [4.69, 9.17) is 4.74 Å². The maximum absolute atomic E-state index is 13.9. The van der Waals surface area contributed by atoms with Crippen LogP contribution in [0, 0.1) is 0 Å². The first-order valence-corrected chi connectivity index (χ1v) is 12.6. The summed E-state index contributed by atoms with van der Waals surface area (Å²) < 4.78 is 123. The summed E-state index contributed by atoms with van der Waals surface area (Å²) in [4.78, 5) is 28.1. The summed E-state index contributed by atoms with van der Waals surface area (Å²) in [5, 5.41) is 0. The van der Waals surface area contributed by atoms with Gasteiger partial charge in [-0.1, -0.05) is 0 Å². The van der Waals surface area contributed by atoms with Crippen molar-refractivity contribution in [3.05, 3.63) is 52.6 Å². The number of anilines is 1. The fourth-order valence-corrected chi connectivity index (χ4v) is 4.80. The van der Waals surface area contributed by atoms with Gasteiger partial charge in [-0.15, -0.1) is 8.78 Å². The molecule has 15 heteroatoms. The van der Waals surface area contributed by atoms with Gasteiger partial charge in [0.25, 0.3) is 0 Å². The van der Waals surface area contributed by atoms with Crippen LogP contribution in [0.1, 0.15) is 68.8 Å². The molecule has 0 aromatic heterocycles. The number of carbonyl (C=O) groups excluding carboxylic acids is 2. The average molecular weight is 610 g/mol. The lowest BCUT2D eigenvalue weighted by Crippen LogP contribution is -2.37. The van der Waals surface area contributed by atoms with Gasteiger partial charge in [0.05, 0.1) is 22.9 Å². The lowest BCUT2D eigenvalue weighted by molar-refractivity contribution is -0.286. The highest BCUT2D eigenvalue weighted by Crippen LogP contribution is 2.49. The first kappa shape index (κ1) is 31.2. The normalized spacial score (nSPS) is 18.3. The molecule has 0 N–H and O–H groups in total. The van der Waals surface area contributed by atoms with E-state index in [1.54, 1.807) is 20.8 Å². The molecule has 0 saturated heterocycles. The zero-order valence-corrected chi connectivity index (χ0v) is 22.8. The summed E-state index contributed by atoms with van der Waals surface area (Å²) in [6.45, 7) is 5.18. The first-order valence-electron chi connectivity index (χ1n) is 12.6. The maximum Gasteiger partial charge on any atom is 0.586 e. The highest BCUT2D eigenvalue weighted by Gasteiger charge is 2.46. The van der Waals surface area contributed by atoms with E-state index in [0.717, 1.165) is 28.9 Å². The van der Waals surface area contributed by atoms with Crippen LogP contribution in [0.5, 0.6) is 11.5 Å². The third-order valence-corrected chi connectivity index (χ3v) is 6.45. The van der Waals surface area contributed by atoms with Gasteiger partial charge in [0.15, 0.2) is 11.5 Å². The number of carbonyl (C=O) groups is 2. The molecule has 0 aliphatic carbocycles. The number of nitrogens with zero attached hydrogens (tertiary/aromatic N) is 2. The van der Waals surface area contributed by atoms with E-state index in [-0.39, 0.29) is 36.7 Å². The molecule has 0 fully saturated rings. The number of ether oxygens (including phenoxy) is 3. The molecule has 1 unspecified atom stereocenters. The molecule has 0 radical (unpaired) electrons. The molecule has 2 aliphatic rings. The van der Waals surface area contributed by atoms with Crippen molar-refractivity contribution in [1.82, 2.24) is 4.90 Å². The number of amides is 2. The van der Waals surface area contributed by atoms with Gasteiger partial charge >= 0.3 is 24.7 Å². The van der Waals surface area contributed by atoms with Gasteiger partial charge in [0, 0.05) is 31.6 Å². The predicted octanol–water partition coefficient (Wildman–Crippen LogP) is 7.67. The van der Waals surface area contributed by atoms with Crippen LogP contribution >= 0.6 is 0 Å². The summed E-state index contributed by atoms with van der Waals surface area (Å²) >= 11 is 0. The first-order chi connectivity index (χ1) is 19.1. The molecule has 0 bridgehead atoms. The topological polar surface area (TPSA) is 68.3 Å². The fourth-order valence-electron chi connectivity index (χ4n) is 4.80. The second-order valence-corrected chi connectivity index (χ2v) is 10.9. The summed E-state index contributed by atoms with van der Waals surface area (Å²) in [6, 6.07) is 2.13. The number of hydrogen-bond donors (Lipinski definition) is 0. The minimum absolute atomic E-state index is 0.00178. The lowest BCUT2D eigenvalue weighted by atomic mass is 9.97. The van der Waals surface area contributed by atoms with Crippen LogP contribution in [0.25, 0.3) is 0 Å². The van der Waals surface area contributed by atoms with Gasteiger partial charge in [-0.25, -0.2) is 4.79 Å². The monoisotopic (exact) mass is 610 g/mol. The van der Waals surface area contributed by atoms with E-state index in [9.17, 15) is 44.7 Å². The van der Waals surface area contributed by atoms with Crippen LogP contribution in [-0.2, 0) is 28.4 Å². The molecule has 1 atom stereocenters. The lowest BCUT2D eigenvalue weighted by Gasteiger charge is -2.33. The van der Waals surface area contributed by atoms with Crippen molar-refractivity contribution in [2.24, 2.45) is 0 Å². The molecule has 0 saturated carbocycles. The number of alkyl halides is 8. The standard InChI is InChI=1S/C27H26F8N2O5/c1-14(38)37(13-15-8-16(25(28,29)30)10-17(9-15)26(31,32)33)19-6-5-7-36(23(39)42-24(2,3)4)20-12-22-21(11-18(19)20)40-27(34,35)41-22/h8-12,19H,5-7,13H2,1-4H3. The molecular formula is C27H26F8N2O5. The van der Waals surface area contributed by atoms with Gasteiger partial charge in [0.1, 0.15) is 5.60 Å². The molecule has 2 aromatic rings. The number of halogens is 8. The van der Waals surface area contributed by atoms with Gasteiger partial charge in [-0.2, -0.15) is 26.3 Å². The number of hydrogen-bond acceptors (Lipinski definition) is 5. The van der Waals surface area contributed by atoms with Gasteiger partial charge < -0.3 is 19.1 Å². The van der Waals surface area contributed by atoms with Crippen molar-refractivity contribution in [1.29, 1.82) is 0 Å². The molecule has 2 aromatic carbocycles. The van der Waals surface area contributed by atoms with Crippen molar-refractivity contribution >= 4 is 17.7 Å². The van der Waals surface area contributed by atoms with E-state index in [1.165, 1.54) is 0 Å². The molecule has 7 nitrogen and oxygen atoms in total. The Morgan fingerprint density at radius 3 is 2.00 bits per heavy atom. The van der Waals surface area contributed by atoms with Crippen molar-refractivity contribution in [3.63, 3.8) is 0 Å². The zero-order valence-electron chi connectivity index (χ0n) is 22.8. The minimum atomic E-state index is -5.11. The van der Waals surface area contributed by atoms with E-state index in [1.807, 2.05) is 0 Å². The Hall–Kier alpha value is -3.78. The van der Waals surface area contributed by atoms with E-state index >= 15 is 0 Å². The molecule has 2 amide bonds. The quantitative estimate of drug-likeness (QED) is 0.334. The molecule has 230 valence electrons. The fraction of sp³-hybridized carbons (Fsp3) is 0.481. The van der Waals surface area contributed by atoms with Gasteiger partial charge in [-0.3, -0.25) is 9.69 Å². The van der Waals surface area contributed by atoms with Gasteiger partial charge in [0.2, 0.25) is 5.91 Å². The molecule has 2 aliphatic heterocycles. The SMILES string of the molecule is CC(=O)N(Cc1cc(C(F)(F)F)cc(C(F)(F)F)c1)C1CCCN(C(=O)OC(C)(C)C)c2cc3c(cc21)OC(F)(F)O3. The maximum atomic E-state index is 13.9. The third kappa shape index (κ3) is 6.81. The molecule has 4 rings (SSSR count). The number of fused-ring (bicyclic) bond motifs is 2. The van der Waals surface area contributed by atoms with E-state index in [0.29, 0.717) is 12.1 Å². The van der Waals surface area contributed by atoms with Crippen LogP contribution in [0.3, 0.4) is 0 Å². The van der Waals surface area contributed by atoms with Crippen LogP contribution in [-0.4, -0.2) is 35.3 Å². The summed E-state index contributed by atoms with van der Waals surface area (Å²) in [5.74, 6) is -1.59. The Kier molecular flexibility index (Phi) is 7.78. The Morgan fingerprint density at radius 1 is 0.952 bits per heavy atom. The molecule has 0 spiro atoms. The van der Waals surface area contributed by atoms with Crippen LogP contribution in [0.2, 0.25) is 0 Å². The van der Waals surface area contributed by atoms with Crippen LogP contribution in [0.4, 0.5) is 45.6 Å². The Bertz CT molecular complexity index is 1350. The zero-order chi connectivity index (χ0) is 31.4. The Morgan fingerprint density at radius 2 is 1.50 bits per heavy atom. The van der Waals surface area contributed by atoms with Crippen LogP contribution in [0.15, 0.2) is 30.3 Å². The number of rotatable bonds is 3.